The van der Waals surface area contributed by atoms with Crippen molar-refractivity contribution in [3.63, 3.8) is 0 Å². The summed E-state index contributed by atoms with van der Waals surface area (Å²) in [5, 5.41) is 9.37. The topological polar surface area (TPSA) is 91.4 Å². The number of aryl methyl sites for hydroxylation is 1. The lowest BCUT2D eigenvalue weighted by Gasteiger charge is -2.30. The zero-order valence-electron chi connectivity index (χ0n) is 17.5. The fourth-order valence-electron chi connectivity index (χ4n) is 3.61. The van der Waals surface area contributed by atoms with E-state index in [4.69, 9.17) is 4.74 Å². The smallest absolute Gasteiger partial charge is 0.319 e. The molecule has 8 nitrogen and oxygen atoms in total. The highest BCUT2D eigenvalue weighted by molar-refractivity contribution is 5.91. The first-order valence-corrected chi connectivity index (χ1v) is 9.94. The molecule has 29 heavy (non-hydrogen) atoms. The molecule has 1 fully saturated rings. The first-order chi connectivity index (χ1) is 14.0. The van der Waals surface area contributed by atoms with Crippen molar-refractivity contribution >= 4 is 23.5 Å². The fraction of sp³-hybridized carbons (Fsp3) is 0.476. The second-order valence-corrected chi connectivity index (χ2v) is 7.59. The lowest BCUT2D eigenvalue weighted by atomic mass is 9.91. The third-order valence-corrected chi connectivity index (χ3v) is 5.12. The highest BCUT2D eigenvalue weighted by atomic mass is 16.5. The molecule has 2 amide bonds. The summed E-state index contributed by atoms with van der Waals surface area (Å²) >= 11 is 0. The number of rotatable bonds is 6. The Bertz CT molecular complexity index is 834. The van der Waals surface area contributed by atoms with Gasteiger partial charge in [-0.25, -0.2) is 9.78 Å². The summed E-state index contributed by atoms with van der Waals surface area (Å²) in [4.78, 5) is 23.3. The van der Waals surface area contributed by atoms with Gasteiger partial charge in [0.1, 0.15) is 11.6 Å². The third-order valence-electron chi connectivity index (χ3n) is 5.12. The first kappa shape index (κ1) is 20.7. The van der Waals surface area contributed by atoms with Gasteiger partial charge in [0, 0.05) is 37.9 Å². The molecular weight excluding hydrogens is 368 g/mol. The monoisotopic (exact) mass is 398 g/mol. The van der Waals surface area contributed by atoms with Crippen LogP contribution in [0.5, 0.6) is 5.75 Å². The number of methoxy groups -OCH3 is 1. The number of urea groups is 1. The van der Waals surface area contributed by atoms with Crippen molar-refractivity contribution in [2.75, 3.05) is 36.7 Å². The zero-order valence-corrected chi connectivity index (χ0v) is 17.5. The average Bonchev–Trinajstić information content (AvgIpc) is 2.71. The molecule has 0 radical (unpaired) electrons. The van der Waals surface area contributed by atoms with E-state index in [1.54, 1.807) is 7.11 Å². The van der Waals surface area contributed by atoms with E-state index < -0.39 is 0 Å². The highest BCUT2D eigenvalue weighted by Gasteiger charge is 2.23. The Labute approximate surface area is 172 Å². The maximum Gasteiger partial charge on any atom is 0.319 e. The van der Waals surface area contributed by atoms with Crippen LogP contribution in [-0.4, -0.2) is 49.3 Å². The molecule has 1 aromatic heterocycles. The van der Waals surface area contributed by atoms with Gasteiger partial charge in [0.15, 0.2) is 0 Å². The molecule has 0 bridgehead atoms. The van der Waals surface area contributed by atoms with Crippen molar-refractivity contribution in [2.24, 2.45) is 0 Å². The Morgan fingerprint density at radius 3 is 2.52 bits per heavy atom. The molecule has 1 aliphatic rings. The van der Waals surface area contributed by atoms with Gasteiger partial charge in [-0.3, -0.25) is 0 Å². The number of ether oxygens (including phenoxy) is 1. The first-order valence-electron chi connectivity index (χ1n) is 9.94. The van der Waals surface area contributed by atoms with Gasteiger partial charge in [-0.1, -0.05) is 12.1 Å². The summed E-state index contributed by atoms with van der Waals surface area (Å²) < 4.78 is 5.27. The normalized spacial score (nSPS) is 18.6. The van der Waals surface area contributed by atoms with Crippen LogP contribution in [0.2, 0.25) is 0 Å². The van der Waals surface area contributed by atoms with Gasteiger partial charge in [-0.05, 0) is 44.7 Å². The van der Waals surface area contributed by atoms with Crippen LogP contribution in [0, 0.1) is 6.92 Å². The number of para-hydroxylation sites is 2. The summed E-state index contributed by atoms with van der Waals surface area (Å²) in [6.45, 7) is 2.01. The zero-order chi connectivity index (χ0) is 20.8. The van der Waals surface area contributed by atoms with Crippen molar-refractivity contribution in [2.45, 2.75) is 44.7 Å². The van der Waals surface area contributed by atoms with Crippen molar-refractivity contribution < 1.29 is 9.53 Å². The molecule has 2 aromatic rings. The predicted molar refractivity (Wildman–Crippen MR) is 116 cm³/mol. The van der Waals surface area contributed by atoms with Crippen LogP contribution in [-0.2, 0) is 0 Å². The predicted octanol–water partition coefficient (Wildman–Crippen LogP) is 3.40. The number of benzene rings is 1. The van der Waals surface area contributed by atoms with Crippen LogP contribution < -0.4 is 25.6 Å². The quantitative estimate of drug-likeness (QED) is 0.691. The standard InChI is InChI=1S/C21H30N6O2/c1-14-13-22-20(26-19(14)27(2)3)23-15-9-11-16(12-10-15)24-21(28)25-17-7-5-6-8-18(17)29-4/h5-8,13,15-16H,9-12H2,1-4H3,(H,22,23,26)(H2,24,25,28). The van der Waals surface area contributed by atoms with E-state index >= 15 is 0 Å². The summed E-state index contributed by atoms with van der Waals surface area (Å²) in [6, 6.07) is 7.63. The molecule has 0 unspecified atom stereocenters. The number of hydrogen-bond donors (Lipinski definition) is 3. The molecular formula is C21H30N6O2. The van der Waals surface area contributed by atoms with Crippen LogP contribution in [0.25, 0.3) is 0 Å². The number of aromatic nitrogens is 2. The van der Waals surface area contributed by atoms with Crippen LogP contribution in [0.4, 0.5) is 22.2 Å². The summed E-state index contributed by atoms with van der Waals surface area (Å²) in [6.07, 6.45) is 5.56. The van der Waals surface area contributed by atoms with Gasteiger partial charge >= 0.3 is 6.03 Å². The van der Waals surface area contributed by atoms with Crippen molar-refractivity contribution in [1.29, 1.82) is 0 Å². The Morgan fingerprint density at radius 1 is 1.14 bits per heavy atom. The van der Waals surface area contributed by atoms with Crippen molar-refractivity contribution in [1.82, 2.24) is 15.3 Å². The SMILES string of the molecule is COc1ccccc1NC(=O)NC1CCC(Nc2ncc(C)c(N(C)C)n2)CC1. The van der Waals surface area contributed by atoms with E-state index in [-0.39, 0.29) is 12.1 Å². The van der Waals surface area contributed by atoms with Crippen LogP contribution in [0.15, 0.2) is 30.5 Å². The summed E-state index contributed by atoms with van der Waals surface area (Å²) in [5.41, 5.74) is 1.71. The minimum atomic E-state index is -0.205. The summed E-state index contributed by atoms with van der Waals surface area (Å²) in [5.74, 6) is 2.22. The second kappa shape index (κ2) is 9.45. The number of amides is 2. The molecule has 0 spiro atoms. The molecule has 1 heterocycles. The van der Waals surface area contributed by atoms with E-state index in [1.165, 1.54) is 0 Å². The van der Waals surface area contributed by atoms with Gasteiger partial charge in [-0.2, -0.15) is 4.98 Å². The van der Waals surface area contributed by atoms with Gasteiger partial charge in [-0.15, -0.1) is 0 Å². The van der Waals surface area contributed by atoms with Gasteiger partial charge in [0.05, 0.1) is 12.8 Å². The van der Waals surface area contributed by atoms with Crippen LogP contribution in [0.3, 0.4) is 0 Å². The van der Waals surface area contributed by atoms with E-state index in [0.29, 0.717) is 23.4 Å². The number of nitrogens with zero attached hydrogens (tertiary/aromatic N) is 3. The van der Waals surface area contributed by atoms with Crippen LogP contribution in [0.1, 0.15) is 31.2 Å². The number of carbonyl (C=O) groups excluding carboxylic acids is 1. The van der Waals surface area contributed by atoms with Gasteiger partial charge in [0.2, 0.25) is 5.95 Å². The molecule has 0 atom stereocenters. The molecule has 0 saturated heterocycles. The molecule has 3 rings (SSSR count). The number of hydrogen-bond acceptors (Lipinski definition) is 6. The van der Waals surface area contributed by atoms with E-state index in [0.717, 1.165) is 37.1 Å². The maximum atomic E-state index is 12.3. The molecule has 8 heteroatoms. The van der Waals surface area contributed by atoms with Crippen LogP contribution >= 0.6 is 0 Å². The van der Waals surface area contributed by atoms with Gasteiger partial charge < -0.3 is 25.6 Å². The average molecular weight is 399 g/mol. The maximum absolute atomic E-state index is 12.3. The van der Waals surface area contributed by atoms with E-state index in [2.05, 4.69) is 25.9 Å². The molecule has 156 valence electrons. The molecule has 3 N–H and O–H groups in total. The Hall–Kier alpha value is -3.03. The highest BCUT2D eigenvalue weighted by Crippen LogP contribution is 2.25. The molecule has 1 saturated carbocycles. The molecule has 0 aliphatic heterocycles. The largest absolute Gasteiger partial charge is 0.495 e. The number of anilines is 3. The van der Waals surface area contributed by atoms with Gasteiger partial charge in [0.25, 0.3) is 0 Å². The fourth-order valence-corrected chi connectivity index (χ4v) is 3.61. The minimum Gasteiger partial charge on any atom is -0.495 e. The van der Waals surface area contributed by atoms with E-state index in [9.17, 15) is 4.79 Å². The Morgan fingerprint density at radius 2 is 1.83 bits per heavy atom. The molecule has 1 aromatic carbocycles. The third kappa shape index (κ3) is 5.49. The van der Waals surface area contributed by atoms with E-state index in [1.807, 2.05) is 56.4 Å². The number of carbonyl (C=O) groups is 1. The lowest BCUT2D eigenvalue weighted by molar-refractivity contribution is 0.243. The van der Waals surface area contributed by atoms with Crippen molar-refractivity contribution in [3.05, 3.63) is 36.0 Å². The second-order valence-electron chi connectivity index (χ2n) is 7.59. The Kier molecular flexibility index (Phi) is 6.74. The van der Waals surface area contributed by atoms with Crippen molar-refractivity contribution in [3.8, 4) is 5.75 Å². The lowest BCUT2D eigenvalue weighted by Crippen LogP contribution is -2.42. The molecule has 1 aliphatic carbocycles. The Balaban J connectivity index is 1.48. The summed E-state index contributed by atoms with van der Waals surface area (Å²) in [7, 11) is 5.55. The minimum absolute atomic E-state index is 0.152. The number of nitrogens with one attached hydrogen (secondary N) is 3.